The van der Waals surface area contributed by atoms with Crippen LogP contribution in [0.3, 0.4) is 0 Å². The normalized spacial score (nSPS) is 22.0. The molecule has 3 nitrogen and oxygen atoms in total. The second-order valence-corrected chi connectivity index (χ2v) is 6.61. The van der Waals surface area contributed by atoms with Crippen molar-refractivity contribution in [1.29, 1.82) is 0 Å². The van der Waals surface area contributed by atoms with E-state index < -0.39 is 23.3 Å². The van der Waals surface area contributed by atoms with Gasteiger partial charge in [-0.05, 0) is 35.4 Å². The Kier molecular flexibility index (Phi) is 5.14. The van der Waals surface area contributed by atoms with E-state index in [1.807, 2.05) is 0 Å². The second-order valence-electron chi connectivity index (χ2n) is 5.73. The molecule has 1 N–H and O–H groups in total. The van der Waals surface area contributed by atoms with Gasteiger partial charge in [0.05, 0.1) is 0 Å². The van der Waals surface area contributed by atoms with E-state index in [0.29, 0.717) is 33.5 Å². The number of rotatable bonds is 4. The van der Waals surface area contributed by atoms with Crippen molar-refractivity contribution in [3.63, 3.8) is 0 Å². The minimum Gasteiger partial charge on any atom is -0.458 e. The standard InChI is InChI=1S/C19H12Cl2F2O3/c20-14-4-12(5-15(21)6-14)11-1-2-19(25,13(3-11)10-24)26-18-8-16(22)7-17(23)9-18/h1-10,13,25H. The van der Waals surface area contributed by atoms with Gasteiger partial charge in [-0.2, -0.15) is 0 Å². The molecule has 7 heteroatoms. The van der Waals surface area contributed by atoms with E-state index in [-0.39, 0.29) is 5.75 Å². The van der Waals surface area contributed by atoms with E-state index in [1.165, 1.54) is 18.2 Å². The average Bonchev–Trinajstić information content (AvgIpc) is 2.53. The molecule has 0 bridgehead atoms. The first-order valence-electron chi connectivity index (χ1n) is 7.49. The van der Waals surface area contributed by atoms with Crippen LogP contribution in [0, 0.1) is 17.6 Å². The fraction of sp³-hybridized carbons (Fsp3) is 0.105. The van der Waals surface area contributed by atoms with Gasteiger partial charge in [-0.25, -0.2) is 8.78 Å². The van der Waals surface area contributed by atoms with Gasteiger partial charge in [0.15, 0.2) is 0 Å². The molecule has 26 heavy (non-hydrogen) atoms. The molecule has 0 aromatic heterocycles. The van der Waals surface area contributed by atoms with Gasteiger partial charge >= 0.3 is 0 Å². The van der Waals surface area contributed by atoms with Gasteiger partial charge in [0.2, 0.25) is 5.79 Å². The van der Waals surface area contributed by atoms with E-state index >= 15 is 0 Å². The van der Waals surface area contributed by atoms with Crippen LogP contribution < -0.4 is 4.74 Å². The molecule has 1 aliphatic rings. The Morgan fingerprint density at radius 3 is 2.23 bits per heavy atom. The molecule has 0 aliphatic heterocycles. The number of carbonyl (C=O) groups is 1. The Hall–Kier alpha value is -2.21. The Bertz CT molecular complexity index is 886. The highest BCUT2D eigenvalue weighted by molar-refractivity contribution is 6.34. The first-order chi connectivity index (χ1) is 12.3. The molecule has 0 spiro atoms. The summed E-state index contributed by atoms with van der Waals surface area (Å²) in [5.74, 6) is -5.18. The molecule has 134 valence electrons. The van der Waals surface area contributed by atoms with Crippen LogP contribution in [0.1, 0.15) is 5.56 Å². The van der Waals surface area contributed by atoms with Gasteiger partial charge < -0.3 is 14.6 Å². The van der Waals surface area contributed by atoms with Crippen molar-refractivity contribution < 1.29 is 23.4 Å². The van der Waals surface area contributed by atoms with Crippen molar-refractivity contribution in [2.24, 2.45) is 5.92 Å². The Morgan fingerprint density at radius 1 is 1.04 bits per heavy atom. The van der Waals surface area contributed by atoms with Crippen LogP contribution in [0.25, 0.3) is 5.57 Å². The van der Waals surface area contributed by atoms with E-state index in [1.54, 1.807) is 18.2 Å². The Labute approximate surface area is 158 Å². The predicted octanol–water partition coefficient (Wildman–Crippen LogP) is 4.81. The topological polar surface area (TPSA) is 46.5 Å². The van der Waals surface area contributed by atoms with E-state index in [2.05, 4.69) is 0 Å². The molecular weight excluding hydrogens is 385 g/mol. The summed E-state index contributed by atoms with van der Waals surface area (Å²) in [6.07, 6.45) is 4.69. The molecule has 0 amide bonds. The minimum absolute atomic E-state index is 0.246. The molecule has 2 atom stereocenters. The van der Waals surface area contributed by atoms with Crippen LogP contribution in [0.2, 0.25) is 10.0 Å². The first-order valence-corrected chi connectivity index (χ1v) is 8.25. The lowest BCUT2D eigenvalue weighted by atomic mass is 9.88. The Morgan fingerprint density at radius 2 is 1.65 bits per heavy atom. The SMILES string of the molecule is O=CC1C=C(c2cc(Cl)cc(Cl)c2)C=CC1(O)Oc1cc(F)cc(F)c1. The number of aldehydes is 1. The lowest BCUT2D eigenvalue weighted by Gasteiger charge is -2.32. The van der Waals surface area contributed by atoms with Crippen molar-refractivity contribution in [3.8, 4) is 5.75 Å². The molecule has 2 unspecified atom stereocenters. The largest absolute Gasteiger partial charge is 0.458 e. The summed E-state index contributed by atoms with van der Waals surface area (Å²) in [5, 5.41) is 11.5. The van der Waals surface area contributed by atoms with Gasteiger partial charge in [0.1, 0.15) is 29.6 Å². The highest BCUT2D eigenvalue weighted by atomic mass is 35.5. The number of carbonyl (C=O) groups excluding carboxylic acids is 1. The third-order valence-electron chi connectivity index (χ3n) is 3.80. The smallest absolute Gasteiger partial charge is 0.241 e. The third-order valence-corrected chi connectivity index (χ3v) is 4.23. The molecule has 0 heterocycles. The zero-order valence-corrected chi connectivity index (χ0v) is 14.6. The quantitative estimate of drug-likeness (QED) is 0.595. The van der Waals surface area contributed by atoms with Gasteiger partial charge in [-0.15, -0.1) is 0 Å². The van der Waals surface area contributed by atoms with Gasteiger partial charge in [-0.1, -0.05) is 35.4 Å². The van der Waals surface area contributed by atoms with Crippen molar-refractivity contribution >= 4 is 35.1 Å². The fourth-order valence-electron chi connectivity index (χ4n) is 2.62. The molecule has 3 rings (SSSR count). The summed E-state index contributed by atoms with van der Waals surface area (Å²) in [7, 11) is 0. The molecule has 0 radical (unpaired) electrons. The summed E-state index contributed by atoms with van der Waals surface area (Å²) >= 11 is 12.0. The summed E-state index contributed by atoms with van der Waals surface area (Å²) in [5.41, 5.74) is 1.23. The highest BCUT2D eigenvalue weighted by Crippen LogP contribution is 2.34. The van der Waals surface area contributed by atoms with E-state index in [4.69, 9.17) is 27.9 Å². The van der Waals surface area contributed by atoms with Crippen molar-refractivity contribution in [1.82, 2.24) is 0 Å². The zero-order chi connectivity index (χ0) is 18.9. The van der Waals surface area contributed by atoms with Crippen LogP contribution in [-0.2, 0) is 4.79 Å². The van der Waals surface area contributed by atoms with Crippen LogP contribution >= 0.6 is 23.2 Å². The fourth-order valence-corrected chi connectivity index (χ4v) is 3.14. The van der Waals surface area contributed by atoms with E-state index in [0.717, 1.165) is 12.1 Å². The molecule has 0 saturated carbocycles. The maximum Gasteiger partial charge on any atom is 0.241 e. The summed E-state index contributed by atoms with van der Waals surface area (Å²) < 4.78 is 31.9. The summed E-state index contributed by atoms with van der Waals surface area (Å²) in [6, 6.07) is 7.36. The lowest BCUT2D eigenvalue weighted by molar-refractivity contribution is -0.141. The third kappa shape index (κ3) is 3.96. The minimum atomic E-state index is -2.09. The first kappa shape index (κ1) is 18.6. The lowest BCUT2D eigenvalue weighted by Crippen LogP contribution is -2.43. The maximum absolute atomic E-state index is 13.3. The number of ether oxygens (including phenoxy) is 1. The molecule has 2 aromatic rings. The average molecular weight is 397 g/mol. The van der Waals surface area contributed by atoms with Crippen molar-refractivity contribution in [2.45, 2.75) is 5.79 Å². The highest BCUT2D eigenvalue weighted by Gasteiger charge is 2.38. The summed E-state index contributed by atoms with van der Waals surface area (Å²) in [6.45, 7) is 0. The monoisotopic (exact) mass is 396 g/mol. The molecular formula is C19H12Cl2F2O3. The van der Waals surface area contributed by atoms with Gasteiger partial charge in [0, 0.05) is 28.2 Å². The molecule has 2 aromatic carbocycles. The molecule has 0 saturated heterocycles. The molecule has 0 fully saturated rings. The predicted molar refractivity (Wildman–Crippen MR) is 95.1 cm³/mol. The van der Waals surface area contributed by atoms with Crippen molar-refractivity contribution in [2.75, 3.05) is 0 Å². The van der Waals surface area contributed by atoms with Gasteiger partial charge in [0.25, 0.3) is 0 Å². The maximum atomic E-state index is 13.3. The van der Waals surface area contributed by atoms with Crippen LogP contribution in [0.15, 0.2) is 54.6 Å². The van der Waals surface area contributed by atoms with Gasteiger partial charge in [-0.3, -0.25) is 0 Å². The molecule has 1 aliphatic carbocycles. The number of hydrogen-bond donors (Lipinski definition) is 1. The van der Waals surface area contributed by atoms with Crippen LogP contribution in [0.4, 0.5) is 8.78 Å². The second kappa shape index (κ2) is 7.19. The van der Waals surface area contributed by atoms with Crippen LogP contribution in [0.5, 0.6) is 5.75 Å². The number of halogens is 4. The number of hydrogen-bond acceptors (Lipinski definition) is 3. The number of aliphatic hydroxyl groups is 1. The zero-order valence-electron chi connectivity index (χ0n) is 13.1. The number of benzene rings is 2. The van der Waals surface area contributed by atoms with Crippen LogP contribution in [-0.4, -0.2) is 17.2 Å². The summed E-state index contributed by atoms with van der Waals surface area (Å²) in [4.78, 5) is 11.5. The van der Waals surface area contributed by atoms with Crippen molar-refractivity contribution in [3.05, 3.63) is 81.9 Å². The number of allylic oxidation sites excluding steroid dienone is 2. The van der Waals surface area contributed by atoms with E-state index in [9.17, 15) is 18.7 Å². The Balaban J connectivity index is 1.93.